The molecule has 3 nitrogen and oxygen atoms in total. The van der Waals surface area contributed by atoms with Crippen LogP contribution in [0.2, 0.25) is 0 Å². The van der Waals surface area contributed by atoms with E-state index in [-0.39, 0.29) is 5.97 Å². The number of aliphatic hydroxyl groups excluding tert-OH is 1. The molecule has 0 unspecified atom stereocenters. The fourth-order valence-corrected chi connectivity index (χ4v) is 1.96. The molecule has 0 amide bonds. The Hall–Kier alpha value is -0.830. The summed E-state index contributed by atoms with van der Waals surface area (Å²) >= 11 is 0. The molecular formula is C16H30O3. The first-order valence-corrected chi connectivity index (χ1v) is 7.64. The van der Waals surface area contributed by atoms with Crippen molar-refractivity contribution in [2.45, 2.75) is 70.6 Å². The minimum absolute atomic E-state index is 0.116. The number of carbonyl (C=O) groups excluding carboxylic acids is 1. The van der Waals surface area contributed by atoms with E-state index in [4.69, 9.17) is 5.11 Å². The van der Waals surface area contributed by atoms with Crippen LogP contribution in [0.15, 0.2) is 12.2 Å². The monoisotopic (exact) mass is 270 g/mol. The lowest BCUT2D eigenvalue weighted by Crippen LogP contribution is -1.98. The van der Waals surface area contributed by atoms with Gasteiger partial charge in [0.05, 0.1) is 7.11 Å². The molecule has 0 spiro atoms. The van der Waals surface area contributed by atoms with Gasteiger partial charge < -0.3 is 9.84 Å². The highest BCUT2D eigenvalue weighted by molar-refractivity contribution is 5.68. The van der Waals surface area contributed by atoms with Crippen molar-refractivity contribution in [1.29, 1.82) is 0 Å². The number of methoxy groups -OCH3 is 1. The van der Waals surface area contributed by atoms with Crippen LogP contribution in [0, 0.1) is 0 Å². The maximum absolute atomic E-state index is 10.9. The molecular weight excluding hydrogens is 240 g/mol. The van der Waals surface area contributed by atoms with E-state index in [1.165, 1.54) is 39.2 Å². The molecule has 0 aliphatic carbocycles. The Morgan fingerprint density at radius 1 is 0.895 bits per heavy atom. The number of carbonyl (C=O) groups is 1. The summed E-state index contributed by atoms with van der Waals surface area (Å²) in [5, 5.41) is 8.64. The Bertz CT molecular complexity index is 224. The van der Waals surface area contributed by atoms with E-state index in [2.05, 4.69) is 16.9 Å². The first-order chi connectivity index (χ1) is 9.31. The van der Waals surface area contributed by atoms with Gasteiger partial charge in [-0.25, -0.2) is 0 Å². The predicted molar refractivity (Wildman–Crippen MR) is 79.0 cm³/mol. The zero-order valence-corrected chi connectivity index (χ0v) is 12.4. The average molecular weight is 270 g/mol. The molecule has 0 aromatic carbocycles. The first-order valence-electron chi connectivity index (χ1n) is 7.64. The average Bonchev–Trinajstić information content (AvgIpc) is 2.43. The third kappa shape index (κ3) is 15.1. The Morgan fingerprint density at radius 3 is 2.00 bits per heavy atom. The fourth-order valence-electron chi connectivity index (χ4n) is 1.96. The molecule has 0 heterocycles. The maximum Gasteiger partial charge on any atom is 0.305 e. The SMILES string of the molecule is COC(=O)CCC/C=C\CCCCCCCCCO. The predicted octanol–water partition coefficient (Wildman–Crippen LogP) is 4.00. The second-order valence-corrected chi connectivity index (χ2v) is 4.93. The number of hydrogen-bond acceptors (Lipinski definition) is 3. The first kappa shape index (κ1) is 18.2. The third-order valence-corrected chi connectivity index (χ3v) is 3.17. The Labute approximate surface area is 118 Å². The molecule has 0 aromatic heterocycles. The third-order valence-electron chi connectivity index (χ3n) is 3.17. The Morgan fingerprint density at radius 2 is 1.42 bits per heavy atom. The van der Waals surface area contributed by atoms with Crippen molar-refractivity contribution in [2.24, 2.45) is 0 Å². The van der Waals surface area contributed by atoms with Gasteiger partial charge in [0.1, 0.15) is 0 Å². The van der Waals surface area contributed by atoms with Crippen molar-refractivity contribution in [1.82, 2.24) is 0 Å². The van der Waals surface area contributed by atoms with Crippen molar-refractivity contribution in [3.8, 4) is 0 Å². The van der Waals surface area contributed by atoms with Gasteiger partial charge in [-0.3, -0.25) is 4.79 Å². The van der Waals surface area contributed by atoms with Crippen molar-refractivity contribution in [3.05, 3.63) is 12.2 Å². The highest BCUT2D eigenvalue weighted by Gasteiger charge is 1.96. The molecule has 0 aromatic rings. The quantitative estimate of drug-likeness (QED) is 0.312. The van der Waals surface area contributed by atoms with Crippen LogP contribution >= 0.6 is 0 Å². The molecule has 0 aliphatic rings. The minimum atomic E-state index is -0.116. The van der Waals surface area contributed by atoms with E-state index in [1.807, 2.05) is 0 Å². The van der Waals surface area contributed by atoms with Crippen LogP contribution in [0.3, 0.4) is 0 Å². The van der Waals surface area contributed by atoms with Gasteiger partial charge in [-0.2, -0.15) is 0 Å². The van der Waals surface area contributed by atoms with E-state index >= 15 is 0 Å². The van der Waals surface area contributed by atoms with Gasteiger partial charge in [0.25, 0.3) is 0 Å². The van der Waals surface area contributed by atoms with Crippen molar-refractivity contribution in [3.63, 3.8) is 0 Å². The molecule has 0 fully saturated rings. The molecule has 0 atom stereocenters. The van der Waals surface area contributed by atoms with Gasteiger partial charge in [-0.1, -0.05) is 44.3 Å². The lowest BCUT2D eigenvalue weighted by Gasteiger charge is -1.99. The van der Waals surface area contributed by atoms with Gasteiger partial charge in [-0.05, 0) is 32.1 Å². The summed E-state index contributed by atoms with van der Waals surface area (Å²) in [4.78, 5) is 10.9. The van der Waals surface area contributed by atoms with Gasteiger partial charge >= 0.3 is 5.97 Å². The minimum Gasteiger partial charge on any atom is -0.469 e. The van der Waals surface area contributed by atoms with Crippen molar-refractivity contribution >= 4 is 5.97 Å². The van der Waals surface area contributed by atoms with Gasteiger partial charge in [0, 0.05) is 13.0 Å². The summed E-state index contributed by atoms with van der Waals surface area (Å²) in [5.74, 6) is -0.116. The fraction of sp³-hybridized carbons (Fsp3) is 0.812. The molecule has 0 saturated carbocycles. The number of aliphatic hydroxyl groups is 1. The number of hydrogen-bond donors (Lipinski definition) is 1. The molecule has 0 rings (SSSR count). The normalized spacial score (nSPS) is 11.1. The zero-order chi connectivity index (χ0) is 14.2. The van der Waals surface area contributed by atoms with Crippen LogP contribution < -0.4 is 0 Å². The summed E-state index contributed by atoms with van der Waals surface area (Å²) in [6.07, 6.45) is 16.4. The molecule has 0 bridgehead atoms. The van der Waals surface area contributed by atoms with Gasteiger partial charge in [0.2, 0.25) is 0 Å². The van der Waals surface area contributed by atoms with Crippen LogP contribution in [0.5, 0.6) is 0 Å². The van der Waals surface area contributed by atoms with Crippen LogP contribution in [0.4, 0.5) is 0 Å². The lowest BCUT2D eigenvalue weighted by molar-refractivity contribution is -0.140. The summed E-state index contributed by atoms with van der Waals surface area (Å²) in [5.41, 5.74) is 0. The van der Waals surface area contributed by atoms with Crippen LogP contribution in [-0.4, -0.2) is 24.8 Å². The largest absolute Gasteiger partial charge is 0.469 e. The second-order valence-electron chi connectivity index (χ2n) is 4.93. The molecule has 3 heteroatoms. The topological polar surface area (TPSA) is 46.5 Å². The van der Waals surface area contributed by atoms with E-state index in [1.54, 1.807) is 0 Å². The highest BCUT2D eigenvalue weighted by atomic mass is 16.5. The molecule has 0 aliphatic heterocycles. The van der Waals surface area contributed by atoms with Crippen LogP contribution in [0.25, 0.3) is 0 Å². The molecule has 112 valence electrons. The number of rotatable bonds is 13. The highest BCUT2D eigenvalue weighted by Crippen LogP contribution is 2.09. The standard InChI is InChI=1S/C16H30O3/c1-19-16(18)14-12-10-8-6-4-2-3-5-7-9-11-13-15-17/h6,8,17H,2-5,7,9-15H2,1H3/b8-6-. The molecule has 1 N–H and O–H groups in total. The molecule has 0 saturated heterocycles. The van der Waals surface area contributed by atoms with E-state index in [0.29, 0.717) is 13.0 Å². The van der Waals surface area contributed by atoms with Crippen molar-refractivity contribution < 1.29 is 14.6 Å². The van der Waals surface area contributed by atoms with E-state index < -0.39 is 0 Å². The van der Waals surface area contributed by atoms with E-state index in [9.17, 15) is 4.79 Å². The second kappa shape index (κ2) is 15.2. The molecule has 0 radical (unpaired) electrons. The Balaban J connectivity index is 3.10. The Kier molecular flexibility index (Phi) is 14.6. The number of ether oxygens (including phenoxy) is 1. The van der Waals surface area contributed by atoms with Gasteiger partial charge in [0.15, 0.2) is 0 Å². The number of unbranched alkanes of at least 4 members (excludes halogenated alkanes) is 8. The maximum atomic E-state index is 10.9. The summed E-state index contributed by atoms with van der Waals surface area (Å²) in [6.45, 7) is 0.334. The zero-order valence-electron chi connectivity index (χ0n) is 12.4. The summed E-state index contributed by atoms with van der Waals surface area (Å²) < 4.78 is 4.58. The smallest absolute Gasteiger partial charge is 0.305 e. The summed E-state index contributed by atoms with van der Waals surface area (Å²) in [7, 11) is 1.43. The van der Waals surface area contributed by atoms with Crippen LogP contribution in [0.1, 0.15) is 70.6 Å². The number of allylic oxidation sites excluding steroid dienone is 2. The van der Waals surface area contributed by atoms with Gasteiger partial charge in [-0.15, -0.1) is 0 Å². The molecule has 19 heavy (non-hydrogen) atoms. The van der Waals surface area contributed by atoms with Crippen molar-refractivity contribution in [2.75, 3.05) is 13.7 Å². The number of esters is 1. The van der Waals surface area contributed by atoms with Crippen LogP contribution in [-0.2, 0) is 9.53 Å². The lowest BCUT2D eigenvalue weighted by atomic mass is 10.1. The summed E-state index contributed by atoms with van der Waals surface area (Å²) in [6, 6.07) is 0. The van der Waals surface area contributed by atoms with E-state index in [0.717, 1.165) is 32.1 Å².